The van der Waals surface area contributed by atoms with Gasteiger partial charge in [-0.2, -0.15) is 0 Å². The number of rotatable bonds is 4. The van der Waals surface area contributed by atoms with Gasteiger partial charge in [0.1, 0.15) is 5.82 Å². The van der Waals surface area contributed by atoms with Crippen molar-refractivity contribution >= 4 is 17.4 Å². The minimum absolute atomic E-state index is 0.552. The van der Waals surface area contributed by atoms with Crippen LogP contribution in [0.25, 0.3) is 0 Å². The van der Waals surface area contributed by atoms with Crippen molar-refractivity contribution in [3.8, 4) is 0 Å². The highest BCUT2D eigenvalue weighted by atomic mass is 35.5. The number of aryl methyl sites for hydroxylation is 1. The number of hydrogen-bond donors (Lipinski definition) is 0. The Hall–Kier alpha value is -0.800. The molecule has 100 valence electrons. The van der Waals surface area contributed by atoms with Gasteiger partial charge in [-0.25, -0.2) is 4.98 Å². The molecule has 18 heavy (non-hydrogen) atoms. The van der Waals surface area contributed by atoms with Crippen LogP contribution in [0.1, 0.15) is 31.0 Å². The molecule has 0 spiro atoms. The van der Waals surface area contributed by atoms with E-state index in [1.807, 2.05) is 0 Å². The van der Waals surface area contributed by atoms with Crippen molar-refractivity contribution in [3.63, 3.8) is 0 Å². The summed E-state index contributed by atoms with van der Waals surface area (Å²) in [6.45, 7) is 5.76. The molecule has 0 aromatic carbocycles. The molecule has 1 aromatic heterocycles. The lowest BCUT2D eigenvalue weighted by Gasteiger charge is -2.22. The summed E-state index contributed by atoms with van der Waals surface area (Å²) in [6.07, 6.45) is 3.19. The monoisotopic (exact) mass is 268 g/mol. The van der Waals surface area contributed by atoms with Crippen LogP contribution in [0.15, 0.2) is 12.1 Å². The quantitative estimate of drug-likeness (QED) is 0.785. The largest absolute Gasteiger partial charge is 0.380 e. The van der Waals surface area contributed by atoms with Gasteiger partial charge in [-0.15, -0.1) is 11.6 Å². The zero-order valence-electron chi connectivity index (χ0n) is 11.0. The molecular weight excluding hydrogens is 248 g/mol. The summed E-state index contributed by atoms with van der Waals surface area (Å²) < 4.78 is 5.48. The normalized spacial score (nSPS) is 16.7. The molecular formula is C14H21ClN2O. The van der Waals surface area contributed by atoms with Gasteiger partial charge in [0.2, 0.25) is 0 Å². The average Bonchev–Trinajstić information content (AvgIpc) is 2.67. The van der Waals surface area contributed by atoms with Crippen LogP contribution in [0.4, 0.5) is 5.82 Å². The van der Waals surface area contributed by atoms with Crippen LogP contribution >= 0.6 is 11.6 Å². The molecule has 1 fully saturated rings. The van der Waals surface area contributed by atoms with Crippen molar-refractivity contribution in [2.24, 2.45) is 0 Å². The number of alkyl halides is 1. The van der Waals surface area contributed by atoms with E-state index in [0.717, 1.165) is 62.6 Å². The lowest BCUT2D eigenvalue weighted by atomic mass is 10.1. The van der Waals surface area contributed by atoms with E-state index in [1.165, 1.54) is 0 Å². The highest BCUT2D eigenvalue weighted by Crippen LogP contribution is 2.19. The highest BCUT2D eigenvalue weighted by molar-refractivity contribution is 6.17. The second-order valence-corrected chi connectivity index (χ2v) is 4.93. The zero-order valence-corrected chi connectivity index (χ0v) is 11.7. The summed E-state index contributed by atoms with van der Waals surface area (Å²) in [6, 6.07) is 4.23. The van der Waals surface area contributed by atoms with E-state index in [0.29, 0.717) is 5.88 Å². The molecule has 0 bridgehead atoms. The Bertz CT molecular complexity index is 376. The van der Waals surface area contributed by atoms with E-state index >= 15 is 0 Å². The number of hydrogen-bond acceptors (Lipinski definition) is 3. The van der Waals surface area contributed by atoms with E-state index in [4.69, 9.17) is 21.3 Å². The van der Waals surface area contributed by atoms with Gasteiger partial charge >= 0.3 is 0 Å². The minimum atomic E-state index is 0.552. The molecule has 0 unspecified atom stereocenters. The van der Waals surface area contributed by atoms with E-state index < -0.39 is 0 Å². The first-order valence-corrected chi connectivity index (χ1v) is 7.25. The Morgan fingerprint density at radius 2 is 2.22 bits per heavy atom. The van der Waals surface area contributed by atoms with Gasteiger partial charge in [0.05, 0.1) is 6.61 Å². The van der Waals surface area contributed by atoms with Crippen LogP contribution in [0.5, 0.6) is 0 Å². The molecule has 4 heteroatoms. The maximum Gasteiger partial charge on any atom is 0.129 e. The van der Waals surface area contributed by atoms with Crippen molar-refractivity contribution in [1.29, 1.82) is 0 Å². The molecule has 0 atom stereocenters. The molecule has 2 rings (SSSR count). The number of nitrogens with zero attached hydrogens (tertiary/aromatic N) is 2. The van der Waals surface area contributed by atoms with E-state index in [-0.39, 0.29) is 0 Å². The van der Waals surface area contributed by atoms with E-state index in [2.05, 4.69) is 24.0 Å². The molecule has 2 heterocycles. The topological polar surface area (TPSA) is 25.4 Å². The lowest BCUT2D eigenvalue weighted by molar-refractivity contribution is 0.152. The van der Waals surface area contributed by atoms with Crippen LogP contribution in [0.3, 0.4) is 0 Å². The minimum Gasteiger partial charge on any atom is -0.380 e. The Morgan fingerprint density at radius 1 is 1.33 bits per heavy atom. The van der Waals surface area contributed by atoms with Gasteiger partial charge in [-0.3, -0.25) is 0 Å². The lowest BCUT2D eigenvalue weighted by Crippen LogP contribution is -2.27. The van der Waals surface area contributed by atoms with Gasteiger partial charge in [0.15, 0.2) is 0 Å². The van der Waals surface area contributed by atoms with Crippen molar-refractivity contribution in [3.05, 3.63) is 23.4 Å². The third-order valence-electron chi connectivity index (χ3n) is 3.13. The number of aromatic nitrogens is 1. The van der Waals surface area contributed by atoms with Crippen molar-refractivity contribution in [1.82, 2.24) is 4.98 Å². The SMILES string of the molecule is CCCc1cc(CCl)cc(N2CCCOCC2)n1. The summed E-state index contributed by atoms with van der Waals surface area (Å²) in [5, 5.41) is 0. The van der Waals surface area contributed by atoms with Gasteiger partial charge in [0.25, 0.3) is 0 Å². The molecule has 1 aliphatic heterocycles. The second kappa shape index (κ2) is 6.95. The Labute approximate surface area is 114 Å². The Morgan fingerprint density at radius 3 is 3.00 bits per heavy atom. The fourth-order valence-corrected chi connectivity index (χ4v) is 2.39. The number of ether oxygens (including phenoxy) is 1. The zero-order chi connectivity index (χ0) is 12.8. The van der Waals surface area contributed by atoms with Crippen LogP contribution in [0.2, 0.25) is 0 Å². The Balaban J connectivity index is 2.21. The number of pyridine rings is 1. The average molecular weight is 269 g/mol. The van der Waals surface area contributed by atoms with E-state index in [1.54, 1.807) is 0 Å². The maximum absolute atomic E-state index is 5.97. The highest BCUT2D eigenvalue weighted by Gasteiger charge is 2.12. The third kappa shape index (κ3) is 3.59. The molecule has 3 nitrogen and oxygen atoms in total. The summed E-state index contributed by atoms with van der Waals surface area (Å²) in [7, 11) is 0. The molecule has 0 saturated carbocycles. The van der Waals surface area contributed by atoms with Gasteiger partial charge in [-0.05, 0) is 30.5 Å². The summed E-state index contributed by atoms with van der Waals surface area (Å²) >= 11 is 5.97. The molecule has 0 N–H and O–H groups in total. The van der Waals surface area contributed by atoms with Gasteiger partial charge < -0.3 is 9.64 Å². The number of anilines is 1. The predicted octanol–water partition coefficient (Wildman–Crippen LogP) is 3.00. The van der Waals surface area contributed by atoms with Crippen LogP contribution < -0.4 is 4.90 Å². The molecule has 1 aliphatic rings. The van der Waals surface area contributed by atoms with E-state index in [9.17, 15) is 0 Å². The standard InChI is InChI=1S/C14H21ClN2O/c1-2-4-13-9-12(11-15)10-14(16-13)17-5-3-7-18-8-6-17/h9-10H,2-8,11H2,1H3. The second-order valence-electron chi connectivity index (χ2n) is 4.66. The summed E-state index contributed by atoms with van der Waals surface area (Å²) in [5.41, 5.74) is 2.31. The van der Waals surface area contributed by atoms with Crippen LogP contribution in [-0.2, 0) is 17.0 Å². The van der Waals surface area contributed by atoms with Crippen LogP contribution in [-0.4, -0.2) is 31.3 Å². The van der Waals surface area contributed by atoms with Gasteiger partial charge in [-0.1, -0.05) is 13.3 Å². The fraction of sp³-hybridized carbons (Fsp3) is 0.643. The molecule has 0 amide bonds. The smallest absolute Gasteiger partial charge is 0.129 e. The fourth-order valence-electron chi connectivity index (χ4n) is 2.23. The van der Waals surface area contributed by atoms with Crippen LogP contribution in [0, 0.1) is 0 Å². The van der Waals surface area contributed by atoms with Crippen molar-refractivity contribution in [2.75, 3.05) is 31.2 Å². The van der Waals surface area contributed by atoms with Crippen molar-refractivity contribution < 1.29 is 4.74 Å². The third-order valence-corrected chi connectivity index (χ3v) is 3.44. The molecule has 0 aliphatic carbocycles. The summed E-state index contributed by atoms with van der Waals surface area (Å²) in [4.78, 5) is 7.06. The maximum atomic E-state index is 5.97. The Kier molecular flexibility index (Phi) is 5.26. The molecule has 0 radical (unpaired) electrons. The molecule has 1 saturated heterocycles. The molecule has 1 aromatic rings. The number of halogens is 1. The first-order valence-electron chi connectivity index (χ1n) is 6.72. The summed E-state index contributed by atoms with van der Waals surface area (Å²) in [5.74, 6) is 1.61. The first-order chi connectivity index (χ1) is 8.83. The van der Waals surface area contributed by atoms with Gasteiger partial charge in [0, 0.05) is 31.3 Å². The van der Waals surface area contributed by atoms with Crippen molar-refractivity contribution in [2.45, 2.75) is 32.1 Å². The predicted molar refractivity (Wildman–Crippen MR) is 75.4 cm³/mol. The first kappa shape index (κ1) is 13.6.